The molecule has 9 heteroatoms. The van der Waals surface area contributed by atoms with Crippen LogP contribution in [0.25, 0.3) is 0 Å². The van der Waals surface area contributed by atoms with Crippen molar-refractivity contribution in [2.45, 2.75) is 37.8 Å². The van der Waals surface area contributed by atoms with Crippen LogP contribution in [0, 0.1) is 5.92 Å². The van der Waals surface area contributed by atoms with E-state index in [-0.39, 0.29) is 24.3 Å². The average Bonchev–Trinajstić information content (AvgIpc) is 3.44. The molecule has 2 aliphatic heterocycles. The SMILES string of the molecule is COc1ccc([C@@H]2[C@H](C(=O)NC[C@@H]3CCCO3)CCC(=O)N2c2cc(OC)c(OC)c(OC)c2)cc1. The van der Waals surface area contributed by atoms with Crippen LogP contribution in [0.1, 0.15) is 37.3 Å². The molecule has 2 aromatic rings. The maximum atomic E-state index is 13.5. The predicted octanol–water partition coefficient (Wildman–Crippen LogP) is 3.50. The fourth-order valence-corrected chi connectivity index (χ4v) is 5.01. The molecule has 0 radical (unpaired) electrons. The van der Waals surface area contributed by atoms with Gasteiger partial charge < -0.3 is 33.9 Å². The summed E-state index contributed by atoms with van der Waals surface area (Å²) in [7, 11) is 6.19. The monoisotopic (exact) mass is 498 g/mol. The van der Waals surface area contributed by atoms with E-state index in [4.69, 9.17) is 23.7 Å². The lowest BCUT2D eigenvalue weighted by Gasteiger charge is -2.41. The number of nitrogens with zero attached hydrogens (tertiary/aromatic N) is 1. The van der Waals surface area contributed by atoms with E-state index in [9.17, 15) is 9.59 Å². The van der Waals surface area contributed by atoms with Gasteiger partial charge in [-0.25, -0.2) is 0 Å². The molecule has 0 spiro atoms. The van der Waals surface area contributed by atoms with Crippen molar-refractivity contribution >= 4 is 17.5 Å². The molecule has 0 unspecified atom stereocenters. The number of ether oxygens (including phenoxy) is 5. The number of hydrogen-bond donors (Lipinski definition) is 1. The second-order valence-electron chi connectivity index (χ2n) is 8.89. The molecule has 2 aromatic carbocycles. The minimum atomic E-state index is -0.538. The normalized spacial score (nSPS) is 21.7. The highest BCUT2D eigenvalue weighted by Crippen LogP contribution is 2.46. The van der Waals surface area contributed by atoms with E-state index in [1.165, 1.54) is 21.3 Å². The Hall–Kier alpha value is -3.46. The molecule has 0 bridgehead atoms. The lowest BCUT2D eigenvalue weighted by Crippen LogP contribution is -2.49. The van der Waals surface area contributed by atoms with Crippen LogP contribution in [-0.2, 0) is 14.3 Å². The third-order valence-electron chi connectivity index (χ3n) is 6.85. The van der Waals surface area contributed by atoms with Crippen LogP contribution in [0.5, 0.6) is 23.0 Å². The van der Waals surface area contributed by atoms with Crippen molar-refractivity contribution in [1.82, 2.24) is 5.32 Å². The van der Waals surface area contributed by atoms with E-state index in [2.05, 4.69) is 5.32 Å². The number of anilines is 1. The zero-order chi connectivity index (χ0) is 25.7. The summed E-state index contributed by atoms with van der Waals surface area (Å²) < 4.78 is 27.5. The first kappa shape index (κ1) is 25.6. The highest BCUT2D eigenvalue weighted by molar-refractivity contribution is 5.98. The standard InChI is InChI=1S/C27H34N2O7/c1-32-19-9-7-17(8-10-19)25-21(27(31)28-16-20-6-5-13-36-20)11-12-24(30)29(25)18-14-22(33-2)26(35-4)23(15-18)34-3/h7-10,14-15,20-21,25H,5-6,11-13,16H2,1-4H3,(H,28,31)/t20-,21+,25+/m0/s1. The highest BCUT2D eigenvalue weighted by atomic mass is 16.5. The number of rotatable bonds is 9. The minimum Gasteiger partial charge on any atom is -0.497 e. The van der Waals surface area contributed by atoms with E-state index < -0.39 is 12.0 Å². The van der Waals surface area contributed by atoms with Crippen molar-refractivity contribution in [3.63, 3.8) is 0 Å². The van der Waals surface area contributed by atoms with Crippen LogP contribution in [0.15, 0.2) is 36.4 Å². The third kappa shape index (κ3) is 5.21. The summed E-state index contributed by atoms with van der Waals surface area (Å²) in [6.07, 6.45) is 2.64. The smallest absolute Gasteiger partial charge is 0.227 e. The zero-order valence-corrected chi connectivity index (χ0v) is 21.2. The summed E-state index contributed by atoms with van der Waals surface area (Å²) in [6.45, 7) is 1.19. The molecule has 4 rings (SSSR count). The zero-order valence-electron chi connectivity index (χ0n) is 21.2. The number of nitrogens with one attached hydrogen (secondary N) is 1. The van der Waals surface area contributed by atoms with E-state index in [0.29, 0.717) is 41.7 Å². The molecule has 2 aliphatic rings. The van der Waals surface area contributed by atoms with Crippen LogP contribution in [-0.4, -0.2) is 59.5 Å². The largest absolute Gasteiger partial charge is 0.497 e. The van der Waals surface area contributed by atoms with Crippen LogP contribution in [0.4, 0.5) is 5.69 Å². The third-order valence-corrected chi connectivity index (χ3v) is 6.85. The Morgan fingerprint density at radius 3 is 2.25 bits per heavy atom. The van der Waals surface area contributed by atoms with Crippen LogP contribution >= 0.6 is 0 Å². The van der Waals surface area contributed by atoms with Crippen molar-refractivity contribution < 1.29 is 33.3 Å². The highest BCUT2D eigenvalue weighted by Gasteiger charge is 2.42. The second-order valence-corrected chi connectivity index (χ2v) is 8.89. The van der Waals surface area contributed by atoms with Crippen LogP contribution in [0.2, 0.25) is 0 Å². The Kier molecular flexibility index (Phi) is 8.20. The van der Waals surface area contributed by atoms with Gasteiger partial charge in [0.2, 0.25) is 17.6 Å². The van der Waals surface area contributed by atoms with Gasteiger partial charge in [-0.3, -0.25) is 9.59 Å². The maximum absolute atomic E-state index is 13.5. The first-order valence-electron chi connectivity index (χ1n) is 12.2. The van der Waals surface area contributed by atoms with Gasteiger partial charge in [0.1, 0.15) is 5.75 Å². The topological polar surface area (TPSA) is 95.6 Å². The molecule has 2 saturated heterocycles. The van der Waals surface area contributed by atoms with Crippen molar-refractivity contribution in [2.75, 3.05) is 46.5 Å². The Morgan fingerprint density at radius 2 is 1.69 bits per heavy atom. The molecule has 3 atom stereocenters. The van der Waals surface area contributed by atoms with Gasteiger partial charge in [-0.1, -0.05) is 12.1 Å². The first-order chi connectivity index (χ1) is 17.5. The molecule has 1 N–H and O–H groups in total. The number of methoxy groups -OCH3 is 4. The van der Waals surface area contributed by atoms with Crippen LogP contribution in [0.3, 0.4) is 0 Å². The molecule has 2 heterocycles. The second kappa shape index (κ2) is 11.5. The van der Waals surface area contributed by atoms with Gasteiger partial charge in [-0.2, -0.15) is 0 Å². The minimum absolute atomic E-state index is 0.0322. The number of piperidine rings is 1. The molecule has 0 aromatic heterocycles. The summed E-state index contributed by atoms with van der Waals surface area (Å²) >= 11 is 0. The summed E-state index contributed by atoms with van der Waals surface area (Å²) in [5.74, 6) is 1.33. The van der Waals surface area contributed by atoms with Crippen molar-refractivity contribution in [3.05, 3.63) is 42.0 Å². The number of benzene rings is 2. The predicted molar refractivity (Wildman–Crippen MR) is 134 cm³/mol. The van der Waals surface area contributed by atoms with Gasteiger partial charge in [0, 0.05) is 31.7 Å². The van der Waals surface area contributed by atoms with E-state index in [1.54, 1.807) is 24.1 Å². The van der Waals surface area contributed by atoms with E-state index in [1.807, 2.05) is 24.3 Å². The molecule has 9 nitrogen and oxygen atoms in total. The summed E-state index contributed by atoms with van der Waals surface area (Å²) in [6, 6.07) is 10.4. The van der Waals surface area contributed by atoms with Crippen molar-refractivity contribution in [1.29, 1.82) is 0 Å². The summed E-state index contributed by atoms with van der Waals surface area (Å²) in [5, 5.41) is 3.07. The Morgan fingerprint density at radius 1 is 1.00 bits per heavy atom. The Bertz CT molecular complexity index is 1040. The molecular formula is C27H34N2O7. The molecule has 194 valence electrons. The molecule has 0 aliphatic carbocycles. The quantitative estimate of drug-likeness (QED) is 0.565. The number of carbonyl (C=O) groups excluding carboxylic acids is 2. The lowest BCUT2D eigenvalue weighted by atomic mass is 9.83. The van der Waals surface area contributed by atoms with E-state index >= 15 is 0 Å². The Labute approximate surface area is 211 Å². The number of carbonyl (C=O) groups is 2. The summed E-state index contributed by atoms with van der Waals surface area (Å²) in [4.78, 5) is 28.6. The van der Waals surface area contributed by atoms with Crippen LogP contribution < -0.4 is 29.2 Å². The van der Waals surface area contributed by atoms with Crippen molar-refractivity contribution in [2.24, 2.45) is 5.92 Å². The summed E-state index contributed by atoms with van der Waals surface area (Å²) in [5.41, 5.74) is 1.39. The van der Waals surface area contributed by atoms with Gasteiger partial charge in [0.15, 0.2) is 11.5 Å². The molecule has 2 amide bonds. The molecule has 2 fully saturated rings. The maximum Gasteiger partial charge on any atom is 0.227 e. The van der Waals surface area contributed by atoms with Gasteiger partial charge in [0.25, 0.3) is 0 Å². The van der Waals surface area contributed by atoms with Gasteiger partial charge in [-0.05, 0) is 37.0 Å². The molecule has 0 saturated carbocycles. The number of hydrogen-bond acceptors (Lipinski definition) is 7. The van der Waals surface area contributed by atoms with Gasteiger partial charge >= 0.3 is 0 Å². The number of amides is 2. The average molecular weight is 499 g/mol. The first-order valence-corrected chi connectivity index (χ1v) is 12.2. The van der Waals surface area contributed by atoms with Gasteiger partial charge in [-0.15, -0.1) is 0 Å². The van der Waals surface area contributed by atoms with E-state index in [0.717, 1.165) is 25.0 Å². The molecular weight excluding hydrogens is 464 g/mol. The van der Waals surface area contributed by atoms with Gasteiger partial charge in [0.05, 0.1) is 52.2 Å². The fraction of sp³-hybridized carbons (Fsp3) is 0.481. The lowest BCUT2D eigenvalue weighted by molar-refractivity contribution is -0.129. The fourth-order valence-electron chi connectivity index (χ4n) is 5.01. The van der Waals surface area contributed by atoms with Crippen molar-refractivity contribution in [3.8, 4) is 23.0 Å². The Balaban J connectivity index is 1.74. The molecule has 36 heavy (non-hydrogen) atoms.